The lowest BCUT2D eigenvalue weighted by Gasteiger charge is -2.35. The van der Waals surface area contributed by atoms with Crippen LogP contribution in [0.3, 0.4) is 0 Å². The van der Waals surface area contributed by atoms with Crippen LogP contribution in [0.1, 0.15) is 31.3 Å². The number of ether oxygens (including phenoxy) is 2. The van der Waals surface area contributed by atoms with Crippen LogP contribution >= 0.6 is 15.9 Å². The first-order valence-electron chi connectivity index (χ1n) is 7.00. The van der Waals surface area contributed by atoms with Crippen LogP contribution in [0, 0.1) is 0 Å². The van der Waals surface area contributed by atoms with Crippen molar-refractivity contribution in [3.63, 3.8) is 0 Å². The van der Waals surface area contributed by atoms with Gasteiger partial charge >= 0.3 is 6.09 Å². The molecule has 1 aromatic rings. The minimum atomic E-state index is -0.713. The fourth-order valence-electron chi connectivity index (χ4n) is 2.21. The van der Waals surface area contributed by atoms with E-state index in [1.54, 1.807) is 34.0 Å². The van der Waals surface area contributed by atoms with Crippen molar-refractivity contribution in [1.82, 2.24) is 14.7 Å². The number of carbonyl (C=O) groups excluding carboxylic acids is 2. The van der Waals surface area contributed by atoms with Crippen molar-refractivity contribution in [3.8, 4) is 0 Å². The molecule has 1 amide bonds. The Kier molecular flexibility index (Phi) is 4.91. The SMILES string of the molecule is Cn1ncc(Br)c1C(=O)C1COCCN1C(=O)OC(C)(C)C. The van der Waals surface area contributed by atoms with Crippen molar-refractivity contribution in [2.24, 2.45) is 7.05 Å². The Morgan fingerprint density at radius 1 is 1.45 bits per heavy atom. The molecule has 0 aliphatic carbocycles. The molecular formula is C14H20BrN3O4. The van der Waals surface area contributed by atoms with Gasteiger partial charge in [0, 0.05) is 13.6 Å². The molecule has 8 heteroatoms. The third kappa shape index (κ3) is 3.67. The van der Waals surface area contributed by atoms with Gasteiger partial charge in [-0.15, -0.1) is 0 Å². The summed E-state index contributed by atoms with van der Waals surface area (Å²) in [6.07, 6.45) is 1.04. The number of ketones is 1. The Hall–Kier alpha value is -1.41. The number of hydrogen-bond acceptors (Lipinski definition) is 5. The standard InChI is InChI=1S/C14H20BrN3O4/c1-14(2,3)22-13(20)18-5-6-21-8-10(18)12(19)11-9(15)7-16-17(11)4/h7,10H,5-6,8H2,1-4H3. The summed E-state index contributed by atoms with van der Waals surface area (Å²) >= 11 is 3.31. The number of halogens is 1. The Bertz CT molecular complexity index is 560. The summed E-state index contributed by atoms with van der Waals surface area (Å²) in [5.41, 5.74) is -0.208. The fourth-order valence-corrected chi connectivity index (χ4v) is 2.75. The Morgan fingerprint density at radius 2 is 2.14 bits per heavy atom. The van der Waals surface area contributed by atoms with Crippen molar-refractivity contribution in [2.75, 3.05) is 19.8 Å². The Labute approximate surface area is 137 Å². The number of morpholine rings is 1. The van der Waals surface area contributed by atoms with Gasteiger partial charge in [-0.2, -0.15) is 5.10 Å². The number of amides is 1. The highest BCUT2D eigenvalue weighted by Gasteiger charge is 2.37. The van der Waals surface area contributed by atoms with E-state index < -0.39 is 17.7 Å². The molecule has 122 valence electrons. The number of aromatic nitrogens is 2. The summed E-state index contributed by atoms with van der Waals surface area (Å²) in [7, 11) is 1.68. The zero-order valence-electron chi connectivity index (χ0n) is 13.1. The maximum absolute atomic E-state index is 12.8. The summed E-state index contributed by atoms with van der Waals surface area (Å²) in [5.74, 6) is -0.225. The number of rotatable bonds is 2. The topological polar surface area (TPSA) is 73.7 Å². The van der Waals surface area contributed by atoms with Crippen molar-refractivity contribution < 1.29 is 19.1 Å². The predicted molar refractivity (Wildman–Crippen MR) is 82.8 cm³/mol. The molecule has 0 saturated carbocycles. The van der Waals surface area contributed by atoms with E-state index >= 15 is 0 Å². The van der Waals surface area contributed by atoms with Gasteiger partial charge in [-0.05, 0) is 36.7 Å². The van der Waals surface area contributed by atoms with Crippen LogP contribution < -0.4 is 0 Å². The van der Waals surface area contributed by atoms with Gasteiger partial charge in [0.2, 0.25) is 5.78 Å². The van der Waals surface area contributed by atoms with Crippen molar-refractivity contribution in [3.05, 3.63) is 16.4 Å². The van der Waals surface area contributed by atoms with E-state index in [0.29, 0.717) is 23.3 Å². The van der Waals surface area contributed by atoms with Crippen molar-refractivity contribution in [2.45, 2.75) is 32.4 Å². The molecule has 0 N–H and O–H groups in total. The molecule has 1 aliphatic rings. The lowest BCUT2D eigenvalue weighted by atomic mass is 10.1. The maximum atomic E-state index is 12.8. The lowest BCUT2D eigenvalue weighted by Crippen LogP contribution is -2.54. The number of nitrogens with zero attached hydrogens (tertiary/aromatic N) is 3. The highest BCUT2D eigenvalue weighted by molar-refractivity contribution is 9.10. The molecule has 1 saturated heterocycles. The fraction of sp³-hybridized carbons (Fsp3) is 0.643. The molecule has 0 bridgehead atoms. The van der Waals surface area contributed by atoms with Gasteiger partial charge in [0.15, 0.2) is 0 Å². The van der Waals surface area contributed by atoms with Gasteiger partial charge < -0.3 is 9.47 Å². The molecule has 0 radical (unpaired) electrons. The van der Waals surface area contributed by atoms with Crippen molar-refractivity contribution >= 4 is 27.8 Å². The first-order valence-corrected chi connectivity index (χ1v) is 7.79. The van der Waals surface area contributed by atoms with Crippen LogP contribution in [-0.2, 0) is 16.5 Å². The van der Waals surface area contributed by atoms with Gasteiger partial charge in [0.1, 0.15) is 17.3 Å². The third-order valence-corrected chi connectivity index (χ3v) is 3.77. The second-order valence-electron chi connectivity index (χ2n) is 6.09. The lowest BCUT2D eigenvalue weighted by molar-refractivity contribution is -0.0267. The van der Waals surface area contributed by atoms with Crippen molar-refractivity contribution in [1.29, 1.82) is 0 Å². The second-order valence-corrected chi connectivity index (χ2v) is 6.95. The van der Waals surface area contributed by atoms with E-state index in [0.717, 1.165) is 0 Å². The largest absolute Gasteiger partial charge is 0.444 e. The van der Waals surface area contributed by atoms with Crippen LogP contribution in [0.25, 0.3) is 0 Å². The molecule has 0 spiro atoms. The van der Waals surface area contributed by atoms with Crippen LogP contribution in [0.5, 0.6) is 0 Å². The molecular weight excluding hydrogens is 354 g/mol. The number of aryl methyl sites for hydroxylation is 1. The van der Waals surface area contributed by atoms with E-state index in [2.05, 4.69) is 21.0 Å². The van der Waals surface area contributed by atoms with Gasteiger partial charge in [-0.3, -0.25) is 14.4 Å². The molecule has 0 aromatic carbocycles. The summed E-state index contributed by atoms with van der Waals surface area (Å²) in [6.45, 7) is 6.23. The van der Waals surface area contributed by atoms with Gasteiger partial charge in [0.25, 0.3) is 0 Å². The van der Waals surface area contributed by atoms with E-state index in [1.807, 2.05) is 0 Å². The zero-order chi connectivity index (χ0) is 16.5. The normalized spacial score (nSPS) is 19.1. The molecule has 1 aliphatic heterocycles. The van der Waals surface area contributed by atoms with Crippen LogP contribution in [0.2, 0.25) is 0 Å². The minimum Gasteiger partial charge on any atom is -0.444 e. The monoisotopic (exact) mass is 373 g/mol. The van der Waals surface area contributed by atoms with Gasteiger partial charge in [-0.1, -0.05) is 0 Å². The smallest absolute Gasteiger partial charge is 0.411 e. The summed E-state index contributed by atoms with van der Waals surface area (Å²) in [4.78, 5) is 26.5. The van der Waals surface area contributed by atoms with Gasteiger partial charge in [0.05, 0.1) is 23.9 Å². The molecule has 7 nitrogen and oxygen atoms in total. The molecule has 1 unspecified atom stereocenters. The number of Topliss-reactive ketones (excluding diaryl/α,β-unsaturated/α-hetero) is 1. The summed E-state index contributed by atoms with van der Waals surface area (Å²) in [5, 5.41) is 4.03. The Balaban J connectivity index is 2.23. The van der Waals surface area contributed by atoms with Crippen LogP contribution in [0.15, 0.2) is 10.7 Å². The second kappa shape index (κ2) is 6.37. The number of carbonyl (C=O) groups is 2. The number of hydrogen-bond donors (Lipinski definition) is 0. The predicted octanol–water partition coefficient (Wildman–Crippen LogP) is 2.00. The molecule has 1 atom stereocenters. The molecule has 2 heterocycles. The van der Waals surface area contributed by atoms with Crippen LogP contribution in [0.4, 0.5) is 4.79 Å². The van der Waals surface area contributed by atoms with E-state index in [4.69, 9.17) is 9.47 Å². The van der Waals surface area contributed by atoms with Gasteiger partial charge in [-0.25, -0.2) is 4.79 Å². The summed E-state index contributed by atoms with van der Waals surface area (Å²) in [6, 6.07) is -0.713. The first kappa shape index (κ1) is 17.0. The highest BCUT2D eigenvalue weighted by atomic mass is 79.9. The average Bonchev–Trinajstić information content (AvgIpc) is 2.75. The maximum Gasteiger partial charge on any atom is 0.411 e. The summed E-state index contributed by atoms with van der Waals surface area (Å²) < 4.78 is 12.8. The van der Waals surface area contributed by atoms with E-state index in [9.17, 15) is 9.59 Å². The minimum absolute atomic E-state index is 0.149. The van der Waals surface area contributed by atoms with Crippen LogP contribution in [-0.4, -0.2) is 58.0 Å². The zero-order valence-corrected chi connectivity index (χ0v) is 14.7. The van der Waals surface area contributed by atoms with E-state index in [1.165, 1.54) is 9.58 Å². The molecule has 1 fully saturated rings. The third-order valence-electron chi connectivity index (χ3n) is 3.19. The van der Waals surface area contributed by atoms with E-state index in [-0.39, 0.29) is 12.4 Å². The first-order chi connectivity index (χ1) is 10.2. The molecule has 2 rings (SSSR count). The molecule has 1 aromatic heterocycles. The highest BCUT2D eigenvalue weighted by Crippen LogP contribution is 2.22. The Morgan fingerprint density at radius 3 is 2.68 bits per heavy atom. The quantitative estimate of drug-likeness (QED) is 0.741. The average molecular weight is 374 g/mol. The molecule has 22 heavy (non-hydrogen) atoms.